The first-order chi connectivity index (χ1) is 27.4. The van der Waals surface area contributed by atoms with Crippen LogP contribution in [0.4, 0.5) is 5.82 Å². The highest BCUT2D eigenvalue weighted by Crippen LogP contribution is 2.42. The minimum atomic E-state index is -0.320. The Morgan fingerprint density at radius 3 is 2.58 bits per heavy atom. The number of rotatable bonds is 12. The van der Waals surface area contributed by atoms with Gasteiger partial charge in [0.1, 0.15) is 11.5 Å². The van der Waals surface area contributed by atoms with E-state index in [1.807, 2.05) is 11.2 Å². The summed E-state index contributed by atoms with van der Waals surface area (Å²) in [7, 11) is 0. The van der Waals surface area contributed by atoms with E-state index in [9.17, 15) is 0 Å². The molecule has 3 unspecified atom stereocenters. The number of nitrogens with zero attached hydrogens (tertiary/aromatic N) is 7. The van der Waals surface area contributed by atoms with Crippen LogP contribution in [0.3, 0.4) is 0 Å². The number of hydrazine groups is 1. The lowest BCUT2D eigenvalue weighted by Crippen LogP contribution is -2.38. The first-order valence-electron chi connectivity index (χ1n) is 20.9. The summed E-state index contributed by atoms with van der Waals surface area (Å²) < 4.78 is 4.53. The highest BCUT2D eigenvalue weighted by molar-refractivity contribution is 5.92. The molecular weight excluding hydrogens is 705 g/mol. The van der Waals surface area contributed by atoms with E-state index in [1.165, 1.54) is 43.4 Å². The quantitative estimate of drug-likeness (QED) is 0.0886. The van der Waals surface area contributed by atoms with E-state index in [0.29, 0.717) is 24.9 Å². The third-order valence-corrected chi connectivity index (χ3v) is 13.3. The van der Waals surface area contributed by atoms with E-state index in [4.69, 9.17) is 26.5 Å². The van der Waals surface area contributed by atoms with Gasteiger partial charge in [0, 0.05) is 110 Å². The molecule has 5 N–H and O–H groups in total. The van der Waals surface area contributed by atoms with Crippen molar-refractivity contribution >= 4 is 40.8 Å². The van der Waals surface area contributed by atoms with Crippen LogP contribution < -0.4 is 32.5 Å². The van der Waals surface area contributed by atoms with Gasteiger partial charge >= 0.3 is 0 Å². The molecule has 57 heavy (non-hydrogen) atoms. The highest BCUT2D eigenvalue weighted by Gasteiger charge is 2.33. The van der Waals surface area contributed by atoms with Crippen molar-refractivity contribution in [2.24, 2.45) is 17.5 Å². The van der Waals surface area contributed by atoms with Gasteiger partial charge in [-0.15, -0.1) is 0 Å². The molecule has 3 fully saturated rings. The number of allylic oxidation sites excluding steroid dienone is 3. The van der Waals surface area contributed by atoms with E-state index in [0.717, 1.165) is 92.6 Å². The number of nitrogens with one attached hydrogen (secondary N) is 1. The van der Waals surface area contributed by atoms with Gasteiger partial charge in [-0.25, -0.2) is 20.8 Å². The summed E-state index contributed by atoms with van der Waals surface area (Å²) in [5, 5.41) is 10.4. The SMILES string of the molecule is C=C1CCC(n2c(=C)c3cccc(CCN(N)/C(=C\N)CC(C)C(C)(C)n4ccc5c(-c6nc(C7CC7)cc(N7CCCCC7C)n6)ccnc54)c3c2=C)C(=C)N1. The Hall–Kier alpha value is -5.35. The molecule has 5 aromatic rings. The smallest absolute Gasteiger partial charge is 0.162 e. The van der Waals surface area contributed by atoms with Crippen LogP contribution in [0.2, 0.25) is 0 Å². The molecule has 298 valence electrons. The Morgan fingerprint density at radius 2 is 1.84 bits per heavy atom. The zero-order chi connectivity index (χ0) is 40.2. The molecule has 2 aliphatic heterocycles. The summed E-state index contributed by atoms with van der Waals surface area (Å²) in [6.45, 7) is 28.2. The van der Waals surface area contributed by atoms with E-state index in [2.05, 4.69) is 116 Å². The van der Waals surface area contributed by atoms with E-state index in [-0.39, 0.29) is 17.5 Å². The second kappa shape index (κ2) is 15.2. The number of nitrogens with two attached hydrogens (primary N) is 2. The normalized spacial score (nSPS) is 20.0. The van der Waals surface area contributed by atoms with Gasteiger partial charge in [0.2, 0.25) is 0 Å². The van der Waals surface area contributed by atoms with Gasteiger partial charge in [-0.05, 0) is 102 Å². The molecule has 0 spiro atoms. The molecule has 0 amide bonds. The molecule has 10 nitrogen and oxygen atoms in total. The lowest BCUT2D eigenvalue weighted by Gasteiger charge is -2.36. The van der Waals surface area contributed by atoms with Gasteiger partial charge in [-0.1, -0.05) is 51.4 Å². The van der Waals surface area contributed by atoms with Crippen LogP contribution in [0, 0.1) is 5.92 Å². The second-order valence-corrected chi connectivity index (χ2v) is 17.3. The fraction of sp³-hybridized carbons (Fsp3) is 0.426. The van der Waals surface area contributed by atoms with Crippen molar-refractivity contribution in [2.45, 2.75) is 109 Å². The molecule has 10 heteroatoms. The first kappa shape index (κ1) is 38.5. The maximum atomic E-state index is 6.83. The summed E-state index contributed by atoms with van der Waals surface area (Å²) in [5.41, 5.74) is 13.1. The monoisotopic (exact) mass is 765 g/mol. The minimum Gasteiger partial charge on any atom is -0.403 e. The molecule has 6 heterocycles. The number of hydrogen-bond acceptors (Lipinski definition) is 8. The minimum absolute atomic E-state index is 0.0747. The number of hydrogen-bond donors (Lipinski definition) is 3. The maximum Gasteiger partial charge on any atom is 0.162 e. The summed E-state index contributed by atoms with van der Waals surface area (Å²) in [4.78, 5) is 17.8. The molecule has 8 rings (SSSR count). The van der Waals surface area contributed by atoms with Crippen molar-refractivity contribution < 1.29 is 0 Å². The number of aromatic nitrogens is 5. The molecular formula is C47H60N10. The summed E-state index contributed by atoms with van der Waals surface area (Å²) >= 11 is 0. The van der Waals surface area contributed by atoms with Gasteiger partial charge < -0.3 is 30.1 Å². The molecule has 0 radical (unpaired) electrons. The van der Waals surface area contributed by atoms with Gasteiger partial charge in [0.05, 0.1) is 6.04 Å². The highest BCUT2D eigenvalue weighted by atomic mass is 15.4. The van der Waals surface area contributed by atoms with Gasteiger partial charge in [-0.3, -0.25) is 0 Å². The van der Waals surface area contributed by atoms with Crippen molar-refractivity contribution in [2.75, 3.05) is 18.0 Å². The van der Waals surface area contributed by atoms with Crippen molar-refractivity contribution in [3.8, 4) is 11.4 Å². The zero-order valence-electron chi connectivity index (χ0n) is 34.4. The average Bonchev–Trinajstić information content (AvgIpc) is 3.91. The third kappa shape index (κ3) is 7.13. The number of benzene rings is 1. The molecule has 0 bridgehead atoms. The van der Waals surface area contributed by atoms with Crippen LogP contribution in [0.15, 0.2) is 85.2 Å². The fourth-order valence-corrected chi connectivity index (χ4v) is 9.23. The Balaban J connectivity index is 1.01. The number of pyridine rings is 1. The number of piperidine rings is 2. The zero-order valence-corrected chi connectivity index (χ0v) is 34.4. The van der Waals surface area contributed by atoms with Gasteiger partial charge in [0.15, 0.2) is 5.82 Å². The summed E-state index contributed by atoms with van der Waals surface area (Å²) in [6, 6.07) is 13.5. The standard InChI is InChI=1S/C47H60N10/c1-29(26-37(28-48)56(49)25-20-36-13-11-14-38-33(5)57(34(6)44(36)38)42-18-15-30(2)51-32(42)4)47(7,8)55-24-21-40-39(19-22-50-46(40)55)45-52-41(35-16-17-35)27-43(53-45)54-23-10-9-12-31(54)3/h11,13-14,19,21-22,24,27-29,31,35,42,51H,2,4-6,9-10,12,15-18,20,23,25-26,48-49H2,1,3,7-8H3/b37-28-. The van der Waals surface area contributed by atoms with Crippen molar-refractivity contribution in [3.05, 3.63) is 107 Å². The van der Waals surface area contributed by atoms with Gasteiger partial charge in [0.25, 0.3) is 0 Å². The molecule has 2 saturated heterocycles. The third-order valence-electron chi connectivity index (χ3n) is 13.3. The van der Waals surface area contributed by atoms with E-state index >= 15 is 0 Å². The van der Waals surface area contributed by atoms with E-state index in [1.54, 1.807) is 6.20 Å². The lowest BCUT2D eigenvalue weighted by atomic mass is 9.85. The van der Waals surface area contributed by atoms with Crippen LogP contribution in [-0.4, -0.2) is 48.2 Å². The molecule has 1 aliphatic carbocycles. The molecule has 1 aromatic carbocycles. The maximum absolute atomic E-state index is 6.83. The lowest BCUT2D eigenvalue weighted by molar-refractivity contribution is 0.217. The molecule has 1 saturated carbocycles. The van der Waals surface area contributed by atoms with Gasteiger partial charge in [-0.2, -0.15) is 0 Å². The molecule has 3 aliphatic rings. The van der Waals surface area contributed by atoms with Crippen molar-refractivity contribution in [3.63, 3.8) is 0 Å². The van der Waals surface area contributed by atoms with Crippen LogP contribution >= 0.6 is 0 Å². The van der Waals surface area contributed by atoms with Crippen LogP contribution in [0.5, 0.6) is 0 Å². The Kier molecular flexibility index (Phi) is 10.3. The van der Waals surface area contributed by atoms with Crippen molar-refractivity contribution in [1.82, 2.24) is 34.4 Å². The van der Waals surface area contributed by atoms with Crippen LogP contribution in [0.1, 0.15) is 102 Å². The Labute approximate surface area is 337 Å². The van der Waals surface area contributed by atoms with Crippen LogP contribution in [0.25, 0.3) is 46.4 Å². The second-order valence-electron chi connectivity index (χ2n) is 17.3. The predicted octanol–water partition coefficient (Wildman–Crippen LogP) is 7.46. The number of fused-ring (bicyclic) bond motifs is 2. The fourth-order valence-electron chi connectivity index (χ4n) is 9.23. The predicted molar refractivity (Wildman–Crippen MR) is 235 cm³/mol. The Morgan fingerprint density at radius 1 is 1.04 bits per heavy atom. The largest absolute Gasteiger partial charge is 0.403 e. The summed E-state index contributed by atoms with van der Waals surface area (Å²) in [6.07, 6.45) is 15.0. The first-order valence-corrected chi connectivity index (χ1v) is 20.9. The molecule has 3 atom stereocenters. The summed E-state index contributed by atoms with van der Waals surface area (Å²) in [5.74, 6) is 9.37. The molecule has 4 aromatic heterocycles. The average molecular weight is 765 g/mol. The Bertz CT molecular complexity index is 2480. The van der Waals surface area contributed by atoms with E-state index < -0.39 is 0 Å². The van der Waals surface area contributed by atoms with Crippen LogP contribution in [-0.2, 0) is 12.0 Å². The number of anilines is 1. The van der Waals surface area contributed by atoms with Crippen molar-refractivity contribution in [1.29, 1.82) is 0 Å². The topological polar surface area (TPSA) is 119 Å².